The summed E-state index contributed by atoms with van der Waals surface area (Å²) < 4.78 is 35.2. The summed E-state index contributed by atoms with van der Waals surface area (Å²) in [5.41, 5.74) is 5.28. The van der Waals surface area contributed by atoms with Crippen molar-refractivity contribution >= 4 is 35.0 Å². The van der Waals surface area contributed by atoms with Crippen molar-refractivity contribution in [2.45, 2.75) is 25.5 Å². The number of alkyl halides is 2. The number of anilines is 2. The normalized spacial score (nSPS) is 17.4. The van der Waals surface area contributed by atoms with Gasteiger partial charge in [-0.3, -0.25) is 19.2 Å². The fourth-order valence-corrected chi connectivity index (χ4v) is 2.84. The molecular formula is C18H20F2N4O6. The molecule has 12 heteroatoms. The lowest BCUT2D eigenvalue weighted by Crippen LogP contribution is -2.52. The SMILES string of the molecule is NC(=O)[C@@H](NC(=O)C1CC1)C(=O)Nc1ccc(N2CCOCC2=O)cc1OC(F)F. The average Bonchev–Trinajstić information content (AvgIpc) is 3.52. The van der Waals surface area contributed by atoms with Crippen molar-refractivity contribution in [3.05, 3.63) is 18.2 Å². The van der Waals surface area contributed by atoms with Gasteiger partial charge in [0.2, 0.25) is 11.8 Å². The van der Waals surface area contributed by atoms with Gasteiger partial charge in [0.15, 0.2) is 11.8 Å². The molecule has 1 heterocycles. The summed E-state index contributed by atoms with van der Waals surface area (Å²) >= 11 is 0. The molecule has 1 aromatic rings. The van der Waals surface area contributed by atoms with Gasteiger partial charge in [-0.1, -0.05) is 0 Å². The second kappa shape index (κ2) is 9.03. The van der Waals surface area contributed by atoms with Crippen LogP contribution < -0.4 is 26.0 Å². The Hall–Kier alpha value is -3.28. The molecule has 0 aromatic heterocycles. The average molecular weight is 426 g/mol. The van der Waals surface area contributed by atoms with Crippen molar-refractivity contribution in [1.29, 1.82) is 0 Å². The molecule has 0 unspecified atom stereocenters. The molecule has 30 heavy (non-hydrogen) atoms. The molecule has 1 saturated heterocycles. The Labute approximate surface area is 169 Å². The third kappa shape index (κ3) is 5.20. The van der Waals surface area contributed by atoms with Gasteiger partial charge in [-0.05, 0) is 25.0 Å². The van der Waals surface area contributed by atoms with Crippen LogP contribution in [0.4, 0.5) is 20.2 Å². The number of rotatable bonds is 8. The standard InChI is InChI=1S/C18H20F2N4O6/c19-18(20)30-12-7-10(24-5-6-29-8-13(24)25)3-4-11(12)22-17(28)14(15(21)26)23-16(27)9-1-2-9/h3-4,7,9,14,18H,1-2,5-6,8H2,(H2,21,26)(H,22,28)(H,23,27)/t14-/m1/s1. The minimum atomic E-state index is -3.21. The minimum absolute atomic E-state index is 0.148. The van der Waals surface area contributed by atoms with E-state index in [-0.39, 0.29) is 43.0 Å². The summed E-state index contributed by atoms with van der Waals surface area (Å²) in [6.45, 7) is -2.87. The lowest BCUT2D eigenvalue weighted by atomic mass is 10.2. The van der Waals surface area contributed by atoms with Gasteiger partial charge >= 0.3 is 6.61 Å². The number of benzene rings is 1. The monoisotopic (exact) mass is 426 g/mol. The molecule has 1 aliphatic heterocycles. The Kier molecular flexibility index (Phi) is 6.45. The second-order valence-electron chi connectivity index (χ2n) is 6.76. The van der Waals surface area contributed by atoms with E-state index < -0.39 is 36.1 Å². The first-order chi connectivity index (χ1) is 14.3. The maximum absolute atomic E-state index is 12.9. The van der Waals surface area contributed by atoms with Crippen LogP contribution in [-0.4, -0.2) is 56.0 Å². The quantitative estimate of drug-likeness (QED) is 0.499. The Balaban J connectivity index is 1.80. The van der Waals surface area contributed by atoms with Crippen molar-refractivity contribution in [1.82, 2.24) is 5.32 Å². The van der Waals surface area contributed by atoms with Gasteiger partial charge in [-0.25, -0.2) is 0 Å². The van der Waals surface area contributed by atoms with Crippen LogP contribution >= 0.6 is 0 Å². The molecule has 2 fully saturated rings. The molecule has 0 radical (unpaired) electrons. The summed E-state index contributed by atoms with van der Waals surface area (Å²) in [7, 11) is 0. The van der Waals surface area contributed by atoms with Crippen LogP contribution in [0.2, 0.25) is 0 Å². The number of morpholine rings is 1. The van der Waals surface area contributed by atoms with E-state index >= 15 is 0 Å². The maximum atomic E-state index is 12.9. The van der Waals surface area contributed by atoms with Crippen molar-refractivity contribution < 1.29 is 37.4 Å². The second-order valence-corrected chi connectivity index (χ2v) is 6.76. The van der Waals surface area contributed by atoms with Gasteiger partial charge in [-0.15, -0.1) is 0 Å². The van der Waals surface area contributed by atoms with Crippen molar-refractivity contribution in [2.75, 3.05) is 30.0 Å². The van der Waals surface area contributed by atoms with Crippen LogP contribution in [0.25, 0.3) is 0 Å². The van der Waals surface area contributed by atoms with E-state index in [1.807, 2.05) is 0 Å². The highest BCUT2D eigenvalue weighted by atomic mass is 19.3. The predicted octanol–water partition coefficient (Wildman–Crippen LogP) is -0.0302. The Bertz CT molecular complexity index is 861. The number of hydrogen-bond donors (Lipinski definition) is 3. The highest BCUT2D eigenvalue weighted by Gasteiger charge is 2.35. The van der Waals surface area contributed by atoms with Crippen LogP contribution in [0.3, 0.4) is 0 Å². The van der Waals surface area contributed by atoms with Gasteiger partial charge in [0.1, 0.15) is 6.61 Å². The minimum Gasteiger partial charge on any atom is -0.433 e. The fraction of sp³-hybridized carbons (Fsp3) is 0.444. The molecule has 1 aromatic carbocycles. The number of nitrogens with zero attached hydrogens (tertiary/aromatic N) is 1. The topological polar surface area (TPSA) is 140 Å². The molecule has 1 saturated carbocycles. The predicted molar refractivity (Wildman–Crippen MR) is 98.7 cm³/mol. The molecule has 2 aliphatic rings. The molecule has 0 bridgehead atoms. The molecule has 162 valence electrons. The fourth-order valence-electron chi connectivity index (χ4n) is 2.84. The van der Waals surface area contributed by atoms with E-state index in [4.69, 9.17) is 10.5 Å². The van der Waals surface area contributed by atoms with Crippen molar-refractivity contribution in [3.63, 3.8) is 0 Å². The molecule has 3 rings (SSSR count). The third-order valence-electron chi connectivity index (χ3n) is 4.52. The molecule has 10 nitrogen and oxygen atoms in total. The number of nitrogens with two attached hydrogens (primary N) is 1. The van der Waals surface area contributed by atoms with Gasteiger partial charge in [-0.2, -0.15) is 8.78 Å². The van der Waals surface area contributed by atoms with E-state index in [2.05, 4.69) is 15.4 Å². The lowest BCUT2D eigenvalue weighted by Gasteiger charge is -2.27. The number of carbonyl (C=O) groups excluding carboxylic acids is 4. The Morgan fingerprint density at radius 1 is 1.27 bits per heavy atom. The van der Waals surface area contributed by atoms with Gasteiger partial charge in [0.05, 0.1) is 12.3 Å². The van der Waals surface area contributed by atoms with E-state index in [1.54, 1.807) is 0 Å². The number of halogens is 2. The van der Waals surface area contributed by atoms with E-state index in [0.29, 0.717) is 12.8 Å². The summed E-state index contributed by atoms with van der Waals surface area (Å²) in [5.74, 6) is -3.66. The Morgan fingerprint density at radius 2 is 2.00 bits per heavy atom. The summed E-state index contributed by atoms with van der Waals surface area (Å²) in [5, 5.41) is 4.51. The first kappa shape index (κ1) is 21.4. The highest BCUT2D eigenvalue weighted by Crippen LogP contribution is 2.32. The van der Waals surface area contributed by atoms with Crippen LogP contribution in [0.1, 0.15) is 12.8 Å². The molecule has 0 spiro atoms. The number of hydrogen-bond acceptors (Lipinski definition) is 6. The van der Waals surface area contributed by atoms with Crippen LogP contribution in [0.5, 0.6) is 5.75 Å². The zero-order chi connectivity index (χ0) is 21.8. The summed E-state index contributed by atoms with van der Waals surface area (Å²) in [4.78, 5) is 49.2. The van der Waals surface area contributed by atoms with Crippen molar-refractivity contribution in [2.24, 2.45) is 11.7 Å². The molecule has 4 N–H and O–H groups in total. The molecular weight excluding hydrogens is 406 g/mol. The van der Waals surface area contributed by atoms with E-state index in [9.17, 15) is 28.0 Å². The molecule has 1 atom stereocenters. The van der Waals surface area contributed by atoms with Crippen LogP contribution in [0, 0.1) is 5.92 Å². The maximum Gasteiger partial charge on any atom is 0.387 e. The molecule has 4 amide bonds. The lowest BCUT2D eigenvalue weighted by molar-refractivity contribution is -0.133. The van der Waals surface area contributed by atoms with Crippen LogP contribution in [0.15, 0.2) is 18.2 Å². The number of amides is 4. The third-order valence-corrected chi connectivity index (χ3v) is 4.52. The van der Waals surface area contributed by atoms with Crippen LogP contribution in [-0.2, 0) is 23.9 Å². The zero-order valence-electron chi connectivity index (χ0n) is 15.7. The van der Waals surface area contributed by atoms with Gasteiger partial charge < -0.3 is 30.7 Å². The Morgan fingerprint density at radius 3 is 2.60 bits per heavy atom. The first-order valence-corrected chi connectivity index (χ1v) is 9.14. The highest BCUT2D eigenvalue weighted by molar-refractivity contribution is 6.12. The number of ether oxygens (including phenoxy) is 2. The number of primary amides is 1. The summed E-state index contributed by atoms with van der Waals surface area (Å²) in [6.07, 6.45) is 1.29. The van der Waals surface area contributed by atoms with Gasteiger partial charge in [0.25, 0.3) is 11.8 Å². The zero-order valence-corrected chi connectivity index (χ0v) is 15.7. The molecule has 1 aliphatic carbocycles. The van der Waals surface area contributed by atoms with Crippen molar-refractivity contribution in [3.8, 4) is 5.75 Å². The van der Waals surface area contributed by atoms with E-state index in [1.165, 1.54) is 17.0 Å². The smallest absolute Gasteiger partial charge is 0.387 e. The van der Waals surface area contributed by atoms with Gasteiger partial charge in [0, 0.05) is 24.2 Å². The number of carbonyl (C=O) groups is 4. The van der Waals surface area contributed by atoms with E-state index in [0.717, 1.165) is 6.07 Å². The largest absolute Gasteiger partial charge is 0.433 e. The first-order valence-electron chi connectivity index (χ1n) is 9.14. The number of nitrogens with one attached hydrogen (secondary N) is 2. The summed E-state index contributed by atoms with van der Waals surface area (Å²) in [6, 6.07) is 2.14.